The number of nitrogens with zero attached hydrogens (tertiary/aromatic N) is 2. The molecule has 1 fully saturated rings. The monoisotopic (exact) mass is 447 g/mol. The van der Waals surface area contributed by atoms with E-state index >= 15 is 0 Å². The minimum atomic E-state index is -0.384. The number of amides is 1. The minimum absolute atomic E-state index is 0.0351. The van der Waals surface area contributed by atoms with Gasteiger partial charge >= 0.3 is 5.97 Å². The summed E-state index contributed by atoms with van der Waals surface area (Å²) in [5.74, 6) is -0.755. The second-order valence-corrected chi connectivity index (χ2v) is 8.04. The summed E-state index contributed by atoms with van der Waals surface area (Å²) in [4.78, 5) is 28.5. The number of halogens is 2. The van der Waals surface area contributed by atoms with Gasteiger partial charge in [0.15, 0.2) is 0 Å². The van der Waals surface area contributed by atoms with Gasteiger partial charge in [-0.2, -0.15) is 0 Å². The van der Waals surface area contributed by atoms with Crippen LogP contribution in [0.1, 0.15) is 28.4 Å². The van der Waals surface area contributed by atoms with E-state index in [1.807, 2.05) is 6.92 Å². The lowest BCUT2D eigenvalue weighted by molar-refractivity contribution is -0.126. The molecule has 1 atom stereocenters. The Bertz CT molecular complexity index is 915. The van der Waals surface area contributed by atoms with Gasteiger partial charge in [-0.1, -0.05) is 29.8 Å². The van der Waals surface area contributed by atoms with Crippen molar-refractivity contribution in [3.8, 4) is 0 Å². The van der Waals surface area contributed by atoms with E-state index in [0.29, 0.717) is 23.7 Å². The van der Waals surface area contributed by atoms with E-state index in [9.17, 15) is 14.0 Å². The lowest BCUT2D eigenvalue weighted by atomic mass is 10.1. The van der Waals surface area contributed by atoms with Gasteiger partial charge in [-0.15, -0.1) is 0 Å². The molecule has 1 aliphatic heterocycles. The summed E-state index contributed by atoms with van der Waals surface area (Å²) in [5, 5.41) is 3.40. The molecule has 0 aromatic heterocycles. The molecule has 166 valence electrons. The van der Waals surface area contributed by atoms with Gasteiger partial charge < -0.3 is 10.1 Å². The van der Waals surface area contributed by atoms with Crippen molar-refractivity contribution in [2.24, 2.45) is 0 Å². The van der Waals surface area contributed by atoms with Gasteiger partial charge in [-0.25, -0.2) is 9.18 Å². The molecule has 0 aliphatic carbocycles. The summed E-state index contributed by atoms with van der Waals surface area (Å²) in [7, 11) is 1.34. The van der Waals surface area contributed by atoms with Crippen molar-refractivity contribution in [2.45, 2.75) is 26.1 Å². The highest BCUT2D eigenvalue weighted by molar-refractivity contribution is 6.31. The highest BCUT2D eigenvalue weighted by atomic mass is 35.5. The number of rotatable bonds is 7. The van der Waals surface area contributed by atoms with Crippen molar-refractivity contribution in [1.82, 2.24) is 15.1 Å². The zero-order chi connectivity index (χ0) is 22.4. The third-order valence-electron chi connectivity index (χ3n) is 5.58. The minimum Gasteiger partial charge on any atom is -0.465 e. The molecule has 3 rings (SSSR count). The SMILES string of the molecule is COC(=O)c1ccc(CNC(=O)C(C)N2CCN(Cc3ccc(F)cc3Cl)CC2)cc1. The van der Waals surface area contributed by atoms with Crippen LogP contribution < -0.4 is 5.32 Å². The Balaban J connectivity index is 1.44. The maximum absolute atomic E-state index is 13.2. The van der Waals surface area contributed by atoms with Crippen LogP contribution in [0.5, 0.6) is 0 Å². The number of hydrogen-bond acceptors (Lipinski definition) is 5. The molecule has 0 saturated carbocycles. The van der Waals surface area contributed by atoms with Crippen LogP contribution >= 0.6 is 11.6 Å². The predicted molar refractivity (Wildman–Crippen MR) is 117 cm³/mol. The summed E-state index contributed by atoms with van der Waals surface area (Å²) in [6.45, 7) is 6.11. The Labute approximate surface area is 186 Å². The topological polar surface area (TPSA) is 61.9 Å². The van der Waals surface area contributed by atoms with Crippen molar-refractivity contribution in [3.05, 3.63) is 70.0 Å². The standard InChI is InChI=1S/C23H27ClFN3O3/c1-16(22(29)26-14-17-3-5-18(6-4-17)23(30)31-2)28-11-9-27(10-12-28)15-19-7-8-20(25)13-21(19)24/h3-8,13,16H,9-12,14-15H2,1-2H3,(H,26,29). The van der Waals surface area contributed by atoms with Crippen LogP contribution in [0.2, 0.25) is 5.02 Å². The summed E-state index contributed by atoms with van der Waals surface area (Å²) in [6, 6.07) is 11.2. The van der Waals surface area contributed by atoms with Crippen molar-refractivity contribution in [2.75, 3.05) is 33.3 Å². The van der Waals surface area contributed by atoms with Crippen molar-refractivity contribution < 1.29 is 18.7 Å². The largest absolute Gasteiger partial charge is 0.465 e. The Morgan fingerprint density at radius 3 is 2.42 bits per heavy atom. The highest BCUT2D eigenvalue weighted by Crippen LogP contribution is 2.20. The first-order chi connectivity index (χ1) is 14.9. The van der Waals surface area contributed by atoms with Gasteiger partial charge in [0.2, 0.25) is 5.91 Å². The molecule has 0 spiro atoms. The fourth-order valence-corrected chi connectivity index (χ4v) is 3.81. The number of piperazine rings is 1. The zero-order valence-corrected chi connectivity index (χ0v) is 18.5. The van der Waals surface area contributed by atoms with Crippen molar-refractivity contribution in [1.29, 1.82) is 0 Å². The number of carbonyl (C=O) groups is 2. The zero-order valence-electron chi connectivity index (χ0n) is 17.7. The quantitative estimate of drug-likeness (QED) is 0.661. The van der Waals surface area contributed by atoms with E-state index in [0.717, 1.165) is 37.3 Å². The van der Waals surface area contributed by atoms with Crippen LogP contribution in [0.3, 0.4) is 0 Å². The predicted octanol–water partition coefficient (Wildman–Crippen LogP) is 3.09. The van der Waals surface area contributed by atoms with Crippen LogP contribution in [0.25, 0.3) is 0 Å². The Morgan fingerprint density at radius 2 is 1.81 bits per heavy atom. The molecule has 2 aromatic rings. The van der Waals surface area contributed by atoms with Crippen molar-refractivity contribution >= 4 is 23.5 Å². The van der Waals surface area contributed by atoms with E-state index in [2.05, 4.69) is 19.9 Å². The lowest BCUT2D eigenvalue weighted by Gasteiger charge is -2.37. The van der Waals surface area contributed by atoms with E-state index in [4.69, 9.17) is 11.6 Å². The second-order valence-electron chi connectivity index (χ2n) is 7.63. The highest BCUT2D eigenvalue weighted by Gasteiger charge is 2.25. The number of carbonyl (C=O) groups excluding carboxylic acids is 2. The molecule has 1 N–H and O–H groups in total. The maximum Gasteiger partial charge on any atom is 0.337 e. The van der Waals surface area contributed by atoms with Gasteiger partial charge in [-0.05, 0) is 42.3 Å². The average Bonchev–Trinajstić information content (AvgIpc) is 2.79. The first-order valence-electron chi connectivity index (χ1n) is 10.2. The summed E-state index contributed by atoms with van der Waals surface area (Å²) in [6.07, 6.45) is 0. The average molecular weight is 448 g/mol. The molecule has 2 aromatic carbocycles. The van der Waals surface area contributed by atoms with E-state index < -0.39 is 0 Å². The normalized spacial score (nSPS) is 16.0. The number of ether oxygens (including phenoxy) is 1. The third-order valence-corrected chi connectivity index (χ3v) is 5.94. The number of methoxy groups -OCH3 is 1. The number of hydrogen-bond donors (Lipinski definition) is 1. The molecule has 31 heavy (non-hydrogen) atoms. The molecule has 1 aliphatic rings. The number of nitrogens with one attached hydrogen (secondary N) is 1. The summed E-state index contributed by atoms with van der Waals surface area (Å²) >= 11 is 6.13. The molecule has 8 heteroatoms. The first kappa shape index (κ1) is 23.2. The molecule has 1 heterocycles. The van der Waals surface area contributed by atoms with Crippen LogP contribution in [-0.2, 0) is 22.6 Å². The van der Waals surface area contributed by atoms with E-state index in [-0.39, 0.29) is 23.7 Å². The van der Waals surface area contributed by atoms with Crippen molar-refractivity contribution in [3.63, 3.8) is 0 Å². The molecule has 1 unspecified atom stereocenters. The Hall–Kier alpha value is -2.48. The Kier molecular flexibility index (Phi) is 8.01. The molecule has 1 amide bonds. The molecular weight excluding hydrogens is 421 g/mol. The molecule has 0 radical (unpaired) electrons. The van der Waals surface area contributed by atoms with Crippen LogP contribution in [0, 0.1) is 5.82 Å². The van der Waals surface area contributed by atoms with Gasteiger partial charge in [0.25, 0.3) is 0 Å². The van der Waals surface area contributed by atoms with Gasteiger partial charge in [0.1, 0.15) is 5.82 Å². The second kappa shape index (κ2) is 10.7. The van der Waals surface area contributed by atoms with E-state index in [1.165, 1.54) is 19.2 Å². The van der Waals surface area contributed by atoms with Crippen LogP contribution in [0.15, 0.2) is 42.5 Å². The van der Waals surface area contributed by atoms with Crippen LogP contribution in [0.4, 0.5) is 4.39 Å². The van der Waals surface area contributed by atoms with Gasteiger partial charge in [-0.3, -0.25) is 14.6 Å². The van der Waals surface area contributed by atoms with Gasteiger partial charge in [0, 0.05) is 44.3 Å². The molecule has 1 saturated heterocycles. The first-order valence-corrected chi connectivity index (χ1v) is 10.6. The lowest BCUT2D eigenvalue weighted by Crippen LogP contribution is -2.53. The molecule has 0 bridgehead atoms. The molecule has 6 nitrogen and oxygen atoms in total. The number of esters is 1. The summed E-state index contributed by atoms with van der Waals surface area (Å²) < 4.78 is 17.9. The molecular formula is C23H27ClFN3O3. The van der Waals surface area contributed by atoms with Crippen LogP contribution in [-0.4, -0.2) is 61.0 Å². The maximum atomic E-state index is 13.2. The fourth-order valence-electron chi connectivity index (χ4n) is 3.58. The number of benzene rings is 2. The third kappa shape index (κ3) is 6.26. The fraction of sp³-hybridized carbons (Fsp3) is 0.391. The summed E-state index contributed by atoms with van der Waals surface area (Å²) in [5.41, 5.74) is 2.29. The smallest absolute Gasteiger partial charge is 0.337 e. The van der Waals surface area contributed by atoms with E-state index in [1.54, 1.807) is 30.3 Å². The Morgan fingerprint density at radius 1 is 1.13 bits per heavy atom. The van der Waals surface area contributed by atoms with Gasteiger partial charge in [0.05, 0.1) is 18.7 Å².